The zero-order valence-electron chi connectivity index (χ0n) is 11.4. The lowest BCUT2D eigenvalue weighted by Crippen LogP contribution is -2.09. The van der Waals surface area contributed by atoms with E-state index in [1.165, 1.54) is 6.07 Å². The van der Waals surface area contributed by atoms with Gasteiger partial charge in [0.1, 0.15) is 11.6 Å². The van der Waals surface area contributed by atoms with Gasteiger partial charge in [0.15, 0.2) is 0 Å². The number of hydrogen-bond acceptors (Lipinski definition) is 2. The van der Waals surface area contributed by atoms with Gasteiger partial charge in [0.05, 0.1) is 28.1 Å². The SMILES string of the molecule is CCc1cc(CNc2cc(Br)c(F)cc2F)n(CC)n1. The monoisotopic (exact) mass is 343 g/mol. The normalized spacial score (nSPS) is 10.8. The highest BCUT2D eigenvalue weighted by atomic mass is 79.9. The summed E-state index contributed by atoms with van der Waals surface area (Å²) in [4.78, 5) is 0. The highest BCUT2D eigenvalue weighted by Crippen LogP contribution is 2.24. The van der Waals surface area contributed by atoms with Gasteiger partial charge >= 0.3 is 0 Å². The lowest BCUT2D eigenvalue weighted by Gasteiger charge is -2.09. The zero-order valence-corrected chi connectivity index (χ0v) is 13.0. The molecule has 1 aromatic heterocycles. The number of rotatable bonds is 5. The summed E-state index contributed by atoms with van der Waals surface area (Å²) in [6.45, 7) is 5.24. The molecule has 2 aromatic rings. The Kier molecular flexibility index (Phi) is 4.75. The average Bonchev–Trinajstić information content (AvgIpc) is 2.84. The molecule has 0 bridgehead atoms. The van der Waals surface area contributed by atoms with Crippen molar-refractivity contribution in [3.63, 3.8) is 0 Å². The summed E-state index contributed by atoms with van der Waals surface area (Å²) in [5.74, 6) is -1.22. The Morgan fingerprint density at radius 3 is 2.60 bits per heavy atom. The number of nitrogens with one attached hydrogen (secondary N) is 1. The van der Waals surface area contributed by atoms with Crippen LogP contribution < -0.4 is 5.32 Å². The number of hydrogen-bond donors (Lipinski definition) is 1. The van der Waals surface area contributed by atoms with Crippen molar-refractivity contribution in [2.45, 2.75) is 33.4 Å². The second kappa shape index (κ2) is 6.35. The minimum Gasteiger partial charge on any atom is -0.377 e. The Morgan fingerprint density at radius 1 is 1.20 bits per heavy atom. The van der Waals surface area contributed by atoms with Crippen molar-refractivity contribution in [1.29, 1.82) is 0 Å². The Labute approximate surface area is 125 Å². The Morgan fingerprint density at radius 2 is 1.95 bits per heavy atom. The summed E-state index contributed by atoms with van der Waals surface area (Å²) in [6.07, 6.45) is 0.858. The lowest BCUT2D eigenvalue weighted by molar-refractivity contribution is 0.579. The second-order valence-electron chi connectivity index (χ2n) is 4.40. The molecule has 0 aliphatic heterocycles. The topological polar surface area (TPSA) is 29.9 Å². The summed E-state index contributed by atoms with van der Waals surface area (Å²) in [5.41, 5.74) is 2.24. The third-order valence-electron chi connectivity index (χ3n) is 3.05. The lowest BCUT2D eigenvalue weighted by atomic mass is 10.2. The van der Waals surface area contributed by atoms with Crippen LogP contribution in [0.4, 0.5) is 14.5 Å². The summed E-state index contributed by atoms with van der Waals surface area (Å²) in [6, 6.07) is 4.26. The predicted molar refractivity (Wildman–Crippen MR) is 78.7 cm³/mol. The molecule has 1 heterocycles. The highest BCUT2D eigenvalue weighted by Gasteiger charge is 2.10. The van der Waals surface area contributed by atoms with E-state index in [4.69, 9.17) is 0 Å². The molecule has 108 valence electrons. The van der Waals surface area contributed by atoms with E-state index in [1.54, 1.807) is 0 Å². The Bertz CT molecular complexity index is 611. The van der Waals surface area contributed by atoms with Gasteiger partial charge in [-0.15, -0.1) is 0 Å². The quantitative estimate of drug-likeness (QED) is 0.827. The number of aryl methyl sites for hydroxylation is 2. The number of benzene rings is 1. The van der Waals surface area contributed by atoms with Crippen molar-refractivity contribution in [2.75, 3.05) is 5.32 Å². The van der Waals surface area contributed by atoms with Crippen LogP contribution in [-0.4, -0.2) is 9.78 Å². The molecule has 0 saturated carbocycles. The Hall–Kier alpha value is -1.43. The van der Waals surface area contributed by atoms with Gasteiger partial charge in [-0.2, -0.15) is 5.10 Å². The smallest absolute Gasteiger partial charge is 0.149 e. The minimum absolute atomic E-state index is 0.236. The van der Waals surface area contributed by atoms with Crippen LogP contribution in [0.25, 0.3) is 0 Å². The predicted octanol–water partition coefficient (Wildman–Crippen LogP) is 4.12. The fourth-order valence-electron chi connectivity index (χ4n) is 1.95. The minimum atomic E-state index is -0.611. The van der Waals surface area contributed by atoms with Crippen molar-refractivity contribution >= 4 is 21.6 Å². The van der Waals surface area contributed by atoms with Crippen molar-refractivity contribution in [1.82, 2.24) is 9.78 Å². The molecule has 0 aliphatic rings. The fourth-order valence-corrected chi connectivity index (χ4v) is 2.29. The average molecular weight is 344 g/mol. The molecule has 0 saturated heterocycles. The van der Waals surface area contributed by atoms with Crippen LogP contribution in [0.3, 0.4) is 0 Å². The molecular formula is C14H16BrF2N3. The van der Waals surface area contributed by atoms with Crippen LogP contribution in [0, 0.1) is 11.6 Å². The first kappa shape index (κ1) is 15.0. The number of halogens is 3. The first-order chi connectivity index (χ1) is 9.55. The molecule has 3 nitrogen and oxygen atoms in total. The van der Waals surface area contributed by atoms with E-state index in [9.17, 15) is 8.78 Å². The maximum Gasteiger partial charge on any atom is 0.149 e. The van der Waals surface area contributed by atoms with E-state index in [2.05, 4.69) is 26.3 Å². The maximum absolute atomic E-state index is 13.6. The molecule has 0 aliphatic carbocycles. The van der Waals surface area contributed by atoms with Crippen LogP contribution in [-0.2, 0) is 19.5 Å². The van der Waals surface area contributed by atoms with Gasteiger partial charge in [0, 0.05) is 12.6 Å². The molecule has 0 amide bonds. The third kappa shape index (κ3) is 3.17. The van der Waals surface area contributed by atoms with Crippen molar-refractivity contribution in [3.05, 3.63) is 45.7 Å². The number of aromatic nitrogens is 2. The molecule has 1 N–H and O–H groups in total. The summed E-state index contributed by atoms with van der Waals surface area (Å²) in [7, 11) is 0. The summed E-state index contributed by atoms with van der Waals surface area (Å²) in [5, 5.41) is 7.40. The van der Waals surface area contributed by atoms with Crippen LogP contribution in [0.2, 0.25) is 0 Å². The molecule has 1 aromatic carbocycles. The van der Waals surface area contributed by atoms with Crippen molar-refractivity contribution in [3.8, 4) is 0 Å². The molecular weight excluding hydrogens is 328 g/mol. The van der Waals surface area contributed by atoms with Gasteiger partial charge in [0.25, 0.3) is 0 Å². The van der Waals surface area contributed by atoms with Gasteiger partial charge in [-0.05, 0) is 41.4 Å². The molecule has 6 heteroatoms. The van der Waals surface area contributed by atoms with E-state index in [1.807, 2.05) is 24.6 Å². The van der Waals surface area contributed by atoms with E-state index in [-0.39, 0.29) is 10.2 Å². The van der Waals surface area contributed by atoms with Crippen LogP contribution >= 0.6 is 15.9 Å². The van der Waals surface area contributed by atoms with Crippen LogP contribution in [0.5, 0.6) is 0 Å². The van der Waals surface area contributed by atoms with Crippen LogP contribution in [0.1, 0.15) is 25.2 Å². The third-order valence-corrected chi connectivity index (χ3v) is 3.65. The van der Waals surface area contributed by atoms with Crippen molar-refractivity contribution in [2.24, 2.45) is 0 Å². The first-order valence-corrected chi connectivity index (χ1v) is 7.28. The van der Waals surface area contributed by atoms with Gasteiger partial charge in [-0.1, -0.05) is 6.92 Å². The number of anilines is 1. The van der Waals surface area contributed by atoms with E-state index in [0.717, 1.165) is 30.4 Å². The molecule has 0 fully saturated rings. The van der Waals surface area contributed by atoms with E-state index in [0.29, 0.717) is 6.54 Å². The summed E-state index contributed by atoms with van der Waals surface area (Å²) < 4.78 is 28.9. The van der Waals surface area contributed by atoms with E-state index >= 15 is 0 Å². The molecule has 0 spiro atoms. The first-order valence-electron chi connectivity index (χ1n) is 6.49. The molecule has 2 rings (SSSR count). The standard InChI is InChI=1S/C14H16BrF2N3/c1-3-9-5-10(20(4-2)19-9)8-18-14-6-11(15)12(16)7-13(14)17/h5-7,18H,3-4,8H2,1-2H3. The fraction of sp³-hybridized carbons (Fsp3) is 0.357. The zero-order chi connectivity index (χ0) is 14.7. The van der Waals surface area contributed by atoms with E-state index < -0.39 is 11.6 Å². The van der Waals surface area contributed by atoms with Gasteiger partial charge in [-0.25, -0.2) is 8.78 Å². The molecule has 0 radical (unpaired) electrons. The summed E-state index contributed by atoms with van der Waals surface area (Å²) >= 11 is 3.05. The Balaban J connectivity index is 2.16. The second-order valence-corrected chi connectivity index (χ2v) is 5.25. The van der Waals surface area contributed by atoms with Crippen molar-refractivity contribution < 1.29 is 8.78 Å². The maximum atomic E-state index is 13.6. The van der Waals surface area contributed by atoms with Gasteiger partial charge in [-0.3, -0.25) is 4.68 Å². The molecule has 20 heavy (non-hydrogen) atoms. The van der Waals surface area contributed by atoms with Gasteiger partial charge < -0.3 is 5.32 Å². The van der Waals surface area contributed by atoms with Crippen LogP contribution in [0.15, 0.2) is 22.7 Å². The van der Waals surface area contributed by atoms with Gasteiger partial charge in [0.2, 0.25) is 0 Å². The molecule has 0 unspecified atom stereocenters. The molecule has 0 atom stereocenters. The highest BCUT2D eigenvalue weighted by molar-refractivity contribution is 9.10. The largest absolute Gasteiger partial charge is 0.377 e. The number of nitrogens with zero attached hydrogens (tertiary/aromatic N) is 2.